The van der Waals surface area contributed by atoms with Crippen molar-refractivity contribution >= 4 is 68.6 Å². The van der Waals surface area contributed by atoms with Crippen molar-refractivity contribution in [2.45, 2.75) is 141 Å². The molecule has 101 heavy (non-hydrogen) atoms. The SMILES string of the molecule is COc1c(N2CC3CCCNC3C2)c(F)c(C)c2c(=O)c(C(=O)O)c(C)n(C3CC3)c12.COc1c(N2CC3CCCNC3C2)c(F)c(C)c2c(=O)c(C(=O)OCOC(=O)C3CCn4c(C(=O)c5ccccc5)ccc43)c(C)n(C3CC3)c12.O=C(c1ccccc1)c1ccc2n1CCC2C(=O)O. The predicted octanol–water partition coefficient (Wildman–Crippen LogP) is 10.4. The normalized spacial score (nSPS) is 21.0. The van der Waals surface area contributed by atoms with Gasteiger partial charge in [-0.2, -0.15) is 0 Å². The van der Waals surface area contributed by atoms with Crippen LogP contribution in [0.2, 0.25) is 0 Å². The van der Waals surface area contributed by atoms with Crippen LogP contribution in [0, 0.1) is 51.2 Å². The van der Waals surface area contributed by atoms with Crippen molar-refractivity contribution in [2.24, 2.45) is 11.8 Å². The van der Waals surface area contributed by atoms with E-state index >= 15 is 8.78 Å². The standard InChI is InChI=1S/C39H41FN4O7.C23H28FN3O4.C15H13NO3/c1-21-30-33(37(49-3)34(32(21)40)42-18-24-10-7-16-41-27(24)19-42)44(25-11-12-25)22(2)31(36(30)46)39(48)51-20-50-38(47)26-15-17-43-28(26)13-14-29(43)35(45)23-8-5-4-6-9-23;1-11-16-19(27(14-6-7-14)12(2)17(21(16)28)23(29)30)22(31-3)20(18(11)24)26-9-13-5-4-8-25-15(13)10-26;17-14(10-4-2-1-3-5-10)13-7-6-12-11(15(18)19)8-9-16(12)13/h4-6,8-9,13-14,24-27,41H,7,10-12,15-20H2,1-3H3;13-15,25H,4-10H2,1-3H3,(H,29,30);1-7,11H,8-9H2,(H,18,19). The summed E-state index contributed by atoms with van der Waals surface area (Å²) in [5.74, 6) is -4.53. The summed E-state index contributed by atoms with van der Waals surface area (Å²) in [4.78, 5) is 107. The number of aliphatic carboxylic acids is 1. The molecule has 4 saturated heterocycles. The van der Waals surface area contributed by atoms with Crippen molar-refractivity contribution in [3.05, 3.63) is 185 Å². The monoisotopic (exact) mass is 1380 g/mol. The minimum absolute atomic E-state index is 0.00388. The molecule has 0 bridgehead atoms. The van der Waals surface area contributed by atoms with Gasteiger partial charge in [0, 0.05) is 108 Å². The third kappa shape index (κ3) is 12.1. The summed E-state index contributed by atoms with van der Waals surface area (Å²) in [6.07, 6.45) is 8.81. The average Bonchev–Trinajstić information content (AvgIpc) is 1.67. The van der Waals surface area contributed by atoms with Gasteiger partial charge in [0.2, 0.25) is 29.2 Å². The Kier molecular flexibility index (Phi) is 18.6. The molecular formula is C77H82F2N8O14. The molecule has 24 heteroatoms. The van der Waals surface area contributed by atoms with Gasteiger partial charge in [-0.05, 0) is 141 Å². The molecule has 6 fully saturated rings. The van der Waals surface area contributed by atoms with Crippen LogP contribution in [0.4, 0.5) is 20.2 Å². The number of aromatic nitrogens is 4. The number of nitrogens with zero attached hydrogens (tertiary/aromatic N) is 6. The first-order valence-corrected chi connectivity index (χ1v) is 35.0. The Morgan fingerprint density at radius 1 is 0.535 bits per heavy atom. The number of methoxy groups -OCH3 is 2. The molecule has 8 aliphatic rings. The van der Waals surface area contributed by atoms with E-state index in [2.05, 4.69) is 10.6 Å². The second-order valence-electron chi connectivity index (χ2n) is 27.9. The summed E-state index contributed by atoms with van der Waals surface area (Å²) in [7, 11) is 2.99. The summed E-state index contributed by atoms with van der Waals surface area (Å²) < 4.78 is 62.3. The minimum Gasteiger partial charge on any atom is -0.492 e. The highest BCUT2D eigenvalue weighted by atomic mass is 19.1. The summed E-state index contributed by atoms with van der Waals surface area (Å²) in [5.41, 5.74) is 4.70. The fourth-order valence-electron chi connectivity index (χ4n) is 16.8. The van der Waals surface area contributed by atoms with Crippen LogP contribution >= 0.6 is 0 Å². The number of pyridine rings is 2. The maximum absolute atomic E-state index is 16.5. The number of carboxylic acid groups (broad SMARTS) is 2. The third-order valence-corrected chi connectivity index (χ3v) is 22.0. The van der Waals surface area contributed by atoms with E-state index in [0.717, 1.165) is 76.7 Å². The topological polar surface area (TPSA) is 264 Å². The number of benzene rings is 4. The minimum atomic E-state index is -1.28. The number of fused-ring (bicyclic) bond motifs is 6. The van der Waals surface area contributed by atoms with Crippen molar-refractivity contribution in [3.8, 4) is 11.5 Å². The highest BCUT2D eigenvalue weighted by Gasteiger charge is 2.43. The van der Waals surface area contributed by atoms with Gasteiger partial charge in [-0.25, -0.2) is 18.4 Å². The fourth-order valence-corrected chi connectivity index (χ4v) is 16.8. The zero-order chi connectivity index (χ0) is 71.0. The van der Waals surface area contributed by atoms with Gasteiger partial charge in [-0.15, -0.1) is 0 Å². The number of anilines is 2. The molecule has 10 heterocycles. The number of ketones is 2. The molecule has 6 atom stereocenters. The molecule has 6 unspecified atom stereocenters. The number of nitrogens with one attached hydrogen (secondary N) is 2. The van der Waals surface area contributed by atoms with E-state index < -0.39 is 65.0 Å². The Morgan fingerprint density at radius 2 is 0.970 bits per heavy atom. The van der Waals surface area contributed by atoms with E-state index in [4.69, 9.17) is 24.1 Å². The molecule has 22 nitrogen and oxygen atoms in total. The Hall–Kier alpha value is -9.94. The number of rotatable bonds is 16. The second-order valence-corrected chi connectivity index (χ2v) is 27.9. The van der Waals surface area contributed by atoms with Crippen LogP contribution in [0.5, 0.6) is 11.5 Å². The molecule has 2 aliphatic carbocycles. The van der Waals surface area contributed by atoms with Crippen LogP contribution < -0.4 is 40.8 Å². The molecule has 0 radical (unpaired) electrons. The van der Waals surface area contributed by atoms with Gasteiger partial charge in [0.25, 0.3) is 0 Å². The lowest BCUT2D eigenvalue weighted by Crippen LogP contribution is -2.40. The van der Waals surface area contributed by atoms with Crippen molar-refractivity contribution < 1.29 is 66.7 Å². The van der Waals surface area contributed by atoms with Crippen LogP contribution in [-0.4, -0.2) is 136 Å². The molecule has 2 saturated carbocycles. The lowest BCUT2D eigenvalue weighted by Gasteiger charge is -2.27. The summed E-state index contributed by atoms with van der Waals surface area (Å²) in [6, 6.07) is 25.6. The molecule has 4 aromatic carbocycles. The fraction of sp³-hybridized carbons (Fsp3) is 0.429. The van der Waals surface area contributed by atoms with Gasteiger partial charge in [0.15, 0.2) is 23.1 Å². The number of hydrogen-bond donors (Lipinski definition) is 4. The number of piperidine rings is 2. The Labute approximate surface area is 580 Å². The van der Waals surface area contributed by atoms with E-state index in [-0.39, 0.29) is 62.7 Å². The maximum Gasteiger partial charge on any atom is 0.346 e. The number of carbonyl (C=O) groups excluding carboxylic acids is 4. The number of esters is 2. The van der Waals surface area contributed by atoms with Crippen molar-refractivity contribution in [2.75, 3.05) is 70.1 Å². The first-order chi connectivity index (χ1) is 48.7. The predicted molar refractivity (Wildman–Crippen MR) is 373 cm³/mol. The number of carboxylic acids is 2. The van der Waals surface area contributed by atoms with Crippen molar-refractivity contribution in [1.29, 1.82) is 0 Å². The molecule has 528 valence electrons. The van der Waals surface area contributed by atoms with Gasteiger partial charge in [-0.3, -0.25) is 28.8 Å². The van der Waals surface area contributed by atoms with Gasteiger partial charge in [-0.1, -0.05) is 60.7 Å². The molecule has 8 aromatic rings. The second kappa shape index (κ2) is 27.5. The summed E-state index contributed by atoms with van der Waals surface area (Å²) in [6.45, 7) is 11.5. The number of carbonyl (C=O) groups is 6. The Bertz CT molecular complexity index is 4790. The van der Waals surface area contributed by atoms with Gasteiger partial charge in [0.1, 0.15) is 22.5 Å². The molecular weight excluding hydrogens is 1300 g/mol. The Morgan fingerprint density at radius 3 is 1.40 bits per heavy atom. The molecule has 0 amide bonds. The summed E-state index contributed by atoms with van der Waals surface area (Å²) in [5, 5.41) is 26.1. The van der Waals surface area contributed by atoms with Crippen LogP contribution in [0.15, 0.2) is 94.5 Å². The number of hydrogen-bond acceptors (Lipinski definition) is 16. The van der Waals surface area contributed by atoms with Crippen molar-refractivity contribution in [1.82, 2.24) is 28.9 Å². The molecule has 16 rings (SSSR count). The van der Waals surface area contributed by atoms with Crippen LogP contribution in [0.25, 0.3) is 21.8 Å². The summed E-state index contributed by atoms with van der Waals surface area (Å²) >= 11 is 0. The van der Waals surface area contributed by atoms with E-state index in [1.165, 1.54) is 14.2 Å². The first-order valence-electron chi connectivity index (χ1n) is 35.0. The zero-order valence-corrected chi connectivity index (χ0v) is 57.4. The number of aromatic carboxylic acids is 1. The largest absolute Gasteiger partial charge is 0.492 e. The quantitative estimate of drug-likeness (QED) is 0.0398. The average molecular weight is 1380 g/mol. The Balaban J connectivity index is 0.000000146. The van der Waals surface area contributed by atoms with Gasteiger partial charge >= 0.3 is 23.9 Å². The van der Waals surface area contributed by atoms with Crippen LogP contribution in [-0.2, 0) is 32.2 Å². The highest BCUT2D eigenvalue weighted by Crippen LogP contribution is 2.50. The lowest BCUT2D eigenvalue weighted by atomic mass is 9.94. The van der Waals surface area contributed by atoms with Crippen LogP contribution in [0.3, 0.4) is 0 Å². The van der Waals surface area contributed by atoms with Crippen molar-refractivity contribution in [3.63, 3.8) is 0 Å². The maximum atomic E-state index is 16.5. The molecule has 6 aliphatic heterocycles. The van der Waals surface area contributed by atoms with E-state index in [1.807, 2.05) is 52.3 Å². The number of ether oxygens (including phenoxy) is 4. The van der Waals surface area contributed by atoms with Gasteiger partial charge in [0.05, 0.1) is 59.2 Å². The van der Waals surface area contributed by atoms with Crippen LogP contribution in [0.1, 0.15) is 175 Å². The number of aryl methyl sites for hydroxylation is 2. The van der Waals surface area contributed by atoms with E-state index in [1.54, 1.807) is 88.4 Å². The molecule has 4 aromatic heterocycles. The lowest BCUT2D eigenvalue weighted by molar-refractivity contribution is -0.154. The smallest absolute Gasteiger partial charge is 0.346 e. The van der Waals surface area contributed by atoms with E-state index in [0.29, 0.717) is 137 Å². The zero-order valence-electron chi connectivity index (χ0n) is 57.4. The van der Waals surface area contributed by atoms with E-state index in [9.17, 15) is 43.5 Å². The molecule has 0 spiro atoms. The number of halogens is 2. The molecule has 4 N–H and O–H groups in total. The first kappa shape index (κ1) is 68.2. The third-order valence-electron chi connectivity index (χ3n) is 22.0. The highest BCUT2D eigenvalue weighted by molar-refractivity contribution is 6.09. The van der Waals surface area contributed by atoms with Gasteiger partial charge < -0.3 is 67.9 Å².